The summed E-state index contributed by atoms with van der Waals surface area (Å²) in [7, 11) is 1.65. The monoisotopic (exact) mass is 267 g/mol. The molecule has 0 aliphatic heterocycles. The molecule has 0 fully saturated rings. The van der Waals surface area contributed by atoms with Gasteiger partial charge in [-0.05, 0) is 24.1 Å². The Labute approximate surface area is 117 Å². The van der Waals surface area contributed by atoms with Crippen LogP contribution in [0.25, 0.3) is 11.0 Å². The van der Waals surface area contributed by atoms with Crippen molar-refractivity contribution >= 4 is 17.0 Å². The van der Waals surface area contributed by atoms with Crippen molar-refractivity contribution < 1.29 is 4.74 Å². The summed E-state index contributed by atoms with van der Waals surface area (Å²) in [6.45, 7) is 0.805. The summed E-state index contributed by atoms with van der Waals surface area (Å²) >= 11 is 0. The average molecular weight is 267 g/mol. The van der Waals surface area contributed by atoms with Crippen molar-refractivity contribution in [3.8, 4) is 5.75 Å². The first kappa shape index (κ1) is 12.5. The van der Waals surface area contributed by atoms with Crippen LogP contribution in [-0.2, 0) is 13.0 Å². The van der Waals surface area contributed by atoms with E-state index in [9.17, 15) is 0 Å². The van der Waals surface area contributed by atoms with Gasteiger partial charge in [0.2, 0.25) is 5.95 Å². The number of fused-ring (bicyclic) bond motifs is 1. The van der Waals surface area contributed by atoms with E-state index in [1.54, 1.807) is 7.11 Å². The molecule has 0 bridgehead atoms. The van der Waals surface area contributed by atoms with Crippen LogP contribution in [0.15, 0.2) is 48.5 Å². The van der Waals surface area contributed by atoms with E-state index >= 15 is 0 Å². The molecule has 1 heterocycles. The van der Waals surface area contributed by atoms with Crippen molar-refractivity contribution in [2.24, 2.45) is 0 Å². The zero-order chi connectivity index (χ0) is 13.9. The number of aromatic nitrogens is 2. The van der Waals surface area contributed by atoms with E-state index in [0.717, 1.165) is 29.7 Å². The van der Waals surface area contributed by atoms with Crippen LogP contribution in [0.4, 0.5) is 5.95 Å². The smallest absolute Gasteiger partial charge is 0.201 e. The molecule has 0 amide bonds. The van der Waals surface area contributed by atoms with Crippen LogP contribution >= 0.6 is 0 Å². The van der Waals surface area contributed by atoms with Gasteiger partial charge in [0.15, 0.2) is 0 Å². The molecule has 4 heteroatoms. The van der Waals surface area contributed by atoms with Gasteiger partial charge in [-0.15, -0.1) is 0 Å². The van der Waals surface area contributed by atoms with E-state index in [2.05, 4.69) is 17.1 Å². The van der Waals surface area contributed by atoms with E-state index in [4.69, 9.17) is 10.5 Å². The van der Waals surface area contributed by atoms with Crippen LogP contribution in [0.1, 0.15) is 5.56 Å². The molecular formula is C16H17N3O. The maximum Gasteiger partial charge on any atom is 0.201 e. The van der Waals surface area contributed by atoms with Crippen molar-refractivity contribution in [2.45, 2.75) is 13.0 Å². The molecule has 0 atom stereocenters. The normalized spacial score (nSPS) is 10.8. The number of nitrogens with zero attached hydrogens (tertiary/aromatic N) is 2. The van der Waals surface area contributed by atoms with Crippen molar-refractivity contribution in [2.75, 3.05) is 12.8 Å². The van der Waals surface area contributed by atoms with Gasteiger partial charge in [-0.25, -0.2) is 4.98 Å². The molecular weight excluding hydrogens is 250 g/mol. The number of anilines is 1. The second kappa shape index (κ2) is 5.25. The van der Waals surface area contributed by atoms with Crippen LogP contribution in [0, 0.1) is 0 Å². The van der Waals surface area contributed by atoms with Gasteiger partial charge in [-0.3, -0.25) is 0 Å². The Hall–Kier alpha value is -2.49. The number of hydrogen-bond donors (Lipinski definition) is 1. The first-order valence-electron chi connectivity index (χ1n) is 6.62. The highest BCUT2D eigenvalue weighted by Gasteiger charge is 2.11. The average Bonchev–Trinajstić information content (AvgIpc) is 2.81. The Kier molecular flexibility index (Phi) is 3.29. The fourth-order valence-corrected chi connectivity index (χ4v) is 2.42. The van der Waals surface area contributed by atoms with Crippen molar-refractivity contribution in [3.63, 3.8) is 0 Å². The van der Waals surface area contributed by atoms with Gasteiger partial charge in [0, 0.05) is 6.54 Å². The molecule has 0 spiro atoms. The summed E-state index contributed by atoms with van der Waals surface area (Å²) in [5.41, 5.74) is 9.16. The molecule has 0 aliphatic carbocycles. The molecule has 102 valence electrons. The molecule has 0 saturated carbocycles. The Morgan fingerprint density at radius 1 is 1.10 bits per heavy atom. The van der Waals surface area contributed by atoms with Gasteiger partial charge in [0.25, 0.3) is 0 Å². The number of benzene rings is 2. The molecule has 1 aromatic heterocycles. The number of imidazole rings is 1. The highest BCUT2D eigenvalue weighted by atomic mass is 16.5. The Morgan fingerprint density at radius 3 is 2.65 bits per heavy atom. The minimum atomic E-state index is 0.528. The van der Waals surface area contributed by atoms with Crippen LogP contribution in [-0.4, -0.2) is 16.7 Å². The summed E-state index contributed by atoms with van der Waals surface area (Å²) in [5.74, 6) is 1.29. The third-order valence-electron chi connectivity index (χ3n) is 3.46. The molecule has 2 aromatic carbocycles. The predicted molar refractivity (Wildman–Crippen MR) is 80.8 cm³/mol. The summed E-state index contributed by atoms with van der Waals surface area (Å²) in [4.78, 5) is 4.41. The van der Waals surface area contributed by atoms with Crippen LogP contribution in [0.5, 0.6) is 5.75 Å². The lowest BCUT2D eigenvalue weighted by Gasteiger charge is -2.07. The number of para-hydroxylation sites is 1. The highest BCUT2D eigenvalue weighted by Crippen LogP contribution is 2.26. The third-order valence-corrected chi connectivity index (χ3v) is 3.46. The largest absolute Gasteiger partial charge is 0.494 e. The van der Waals surface area contributed by atoms with E-state index in [-0.39, 0.29) is 0 Å². The molecule has 0 unspecified atom stereocenters. The Morgan fingerprint density at radius 2 is 1.90 bits per heavy atom. The topological polar surface area (TPSA) is 53.1 Å². The Bertz CT molecular complexity index is 719. The van der Waals surface area contributed by atoms with Crippen molar-refractivity contribution in [3.05, 3.63) is 54.1 Å². The molecule has 0 saturated heterocycles. The fourth-order valence-electron chi connectivity index (χ4n) is 2.42. The van der Waals surface area contributed by atoms with Crippen LogP contribution < -0.4 is 10.5 Å². The lowest BCUT2D eigenvalue weighted by atomic mass is 10.1. The minimum absolute atomic E-state index is 0.528. The van der Waals surface area contributed by atoms with E-state index in [0.29, 0.717) is 5.95 Å². The number of nitrogens with two attached hydrogens (primary N) is 1. The summed E-state index contributed by atoms with van der Waals surface area (Å²) < 4.78 is 7.36. The summed E-state index contributed by atoms with van der Waals surface area (Å²) in [6, 6.07) is 16.2. The maximum atomic E-state index is 6.04. The standard InChI is InChI=1S/C16H17N3O/c1-20-14-9-5-8-13-15(14)18-16(17)19(13)11-10-12-6-3-2-4-7-12/h2-9H,10-11H2,1H3,(H2,17,18). The van der Waals surface area contributed by atoms with Gasteiger partial charge in [0.1, 0.15) is 11.3 Å². The van der Waals surface area contributed by atoms with Gasteiger partial charge in [-0.2, -0.15) is 0 Å². The molecule has 4 nitrogen and oxygen atoms in total. The second-order valence-corrected chi connectivity index (χ2v) is 4.69. The summed E-state index contributed by atoms with van der Waals surface area (Å²) in [5, 5.41) is 0. The summed E-state index contributed by atoms with van der Waals surface area (Å²) in [6.07, 6.45) is 0.924. The zero-order valence-electron chi connectivity index (χ0n) is 11.4. The second-order valence-electron chi connectivity index (χ2n) is 4.69. The lowest BCUT2D eigenvalue weighted by molar-refractivity contribution is 0.419. The van der Waals surface area contributed by atoms with Crippen LogP contribution in [0.3, 0.4) is 0 Å². The number of ether oxygens (including phenoxy) is 1. The molecule has 3 aromatic rings. The fraction of sp³-hybridized carbons (Fsp3) is 0.188. The maximum absolute atomic E-state index is 6.04. The number of nitrogen functional groups attached to an aromatic ring is 1. The molecule has 0 aliphatic rings. The number of rotatable bonds is 4. The van der Waals surface area contributed by atoms with Gasteiger partial charge < -0.3 is 15.0 Å². The van der Waals surface area contributed by atoms with Gasteiger partial charge in [-0.1, -0.05) is 36.4 Å². The number of hydrogen-bond acceptors (Lipinski definition) is 3. The minimum Gasteiger partial charge on any atom is -0.494 e. The highest BCUT2D eigenvalue weighted by molar-refractivity contribution is 5.84. The van der Waals surface area contributed by atoms with E-state index in [1.807, 2.05) is 41.0 Å². The van der Waals surface area contributed by atoms with Gasteiger partial charge in [0.05, 0.1) is 12.6 Å². The van der Waals surface area contributed by atoms with Gasteiger partial charge >= 0.3 is 0 Å². The van der Waals surface area contributed by atoms with Crippen LogP contribution in [0.2, 0.25) is 0 Å². The first-order valence-corrected chi connectivity index (χ1v) is 6.62. The molecule has 3 rings (SSSR count). The zero-order valence-corrected chi connectivity index (χ0v) is 11.4. The lowest BCUT2D eigenvalue weighted by Crippen LogP contribution is -2.05. The number of aryl methyl sites for hydroxylation is 2. The van der Waals surface area contributed by atoms with E-state index < -0.39 is 0 Å². The first-order chi connectivity index (χ1) is 9.79. The molecule has 2 N–H and O–H groups in total. The third kappa shape index (κ3) is 2.20. The van der Waals surface area contributed by atoms with Crippen molar-refractivity contribution in [1.29, 1.82) is 0 Å². The van der Waals surface area contributed by atoms with Crippen molar-refractivity contribution in [1.82, 2.24) is 9.55 Å². The number of methoxy groups -OCH3 is 1. The molecule has 0 radical (unpaired) electrons. The molecule has 20 heavy (non-hydrogen) atoms. The SMILES string of the molecule is COc1cccc2c1nc(N)n2CCc1ccccc1. The predicted octanol–water partition coefficient (Wildman–Crippen LogP) is 2.87. The Balaban J connectivity index is 1.93. The quantitative estimate of drug-likeness (QED) is 0.790. The van der Waals surface area contributed by atoms with E-state index in [1.165, 1.54) is 5.56 Å².